The zero-order valence-electron chi connectivity index (χ0n) is 18.1. The molecule has 0 N–H and O–H groups in total. The fraction of sp³-hybridized carbons (Fsp3) is 0.545. The van der Waals surface area contributed by atoms with Gasteiger partial charge in [-0.15, -0.1) is 0 Å². The van der Waals surface area contributed by atoms with Crippen molar-refractivity contribution >= 4 is 11.8 Å². The topological polar surface area (TPSA) is 59.8 Å². The van der Waals surface area contributed by atoms with Gasteiger partial charge in [0.15, 0.2) is 0 Å². The van der Waals surface area contributed by atoms with Crippen LogP contribution in [0.4, 0.5) is 24.9 Å². The summed E-state index contributed by atoms with van der Waals surface area (Å²) in [7, 11) is 1.47. The fourth-order valence-corrected chi connectivity index (χ4v) is 4.38. The molecule has 1 aromatic heterocycles. The summed E-state index contributed by atoms with van der Waals surface area (Å²) in [4.78, 5) is 20.6. The van der Waals surface area contributed by atoms with Gasteiger partial charge >= 0.3 is 6.18 Å². The molecule has 0 bridgehead atoms. The summed E-state index contributed by atoms with van der Waals surface area (Å²) in [6.45, 7) is 3.27. The standard InChI is InChI=1S/C22H27F3N4O3/c1-15-14-32-11-10-27(15)19-12-20(30)28-9-8-18(22(23,24)25)29(21(28)26-19)13-17(31-2)16-6-4-3-5-7-16/h3-7,12,15,17-18H,8-11,13-14H2,1-2H3/t15-,17-,18+/m1/s1. The van der Waals surface area contributed by atoms with Crippen LogP contribution < -0.4 is 15.4 Å². The van der Waals surface area contributed by atoms with Gasteiger partial charge in [0.2, 0.25) is 5.95 Å². The van der Waals surface area contributed by atoms with E-state index in [0.29, 0.717) is 25.6 Å². The van der Waals surface area contributed by atoms with Gasteiger partial charge < -0.3 is 19.3 Å². The summed E-state index contributed by atoms with van der Waals surface area (Å²) in [6.07, 6.45) is -5.31. The fourth-order valence-electron chi connectivity index (χ4n) is 4.38. The van der Waals surface area contributed by atoms with Gasteiger partial charge in [-0.3, -0.25) is 9.36 Å². The Labute approximate surface area is 184 Å². The Bertz CT molecular complexity index is 983. The third-order valence-corrected chi connectivity index (χ3v) is 6.09. The molecule has 0 saturated carbocycles. The smallest absolute Gasteiger partial charge is 0.377 e. The van der Waals surface area contributed by atoms with Crippen LogP contribution in [0.5, 0.6) is 0 Å². The van der Waals surface area contributed by atoms with E-state index in [2.05, 4.69) is 4.98 Å². The van der Waals surface area contributed by atoms with Gasteiger partial charge in [0.05, 0.1) is 31.9 Å². The predicted molar refractivity (Wildman–Crippen MR) is 114 cm³/mol. The van der Waals surface area contributed by atoms with Crippen molar-refractivity contribution in [2.24, 2.45) is 0 Å². The van der Waals surface area contributed by atoms with Crippen molar-refractivity contribution in [1.82, 2.24) is 9.55 Å². The molecule has 0 spiro atoms. The highest BCUT2D eigenvalue weighted by Gasteiger charge is 2.47. The number of hydrogen-bond acceptors (Lipinski definition) is 6. The van der Waals surface area contributed by atoms with Crippen molar-refractivity contribution in [3.63, 3.8) is 0 Å². The van der Waals surface area contributed by atoms with Gasteiger partial charge in [0, 0.05) is 26.3 Å². The Morgan fingerprint density at radius 3 is 2.66 bits per heavy atom. The van der Waals surface area contributed by atoms with Crippen LogP contribution in [0, 0.1) is 0 Å². The number of ether oxygens (including phenoxy) is 2. The third-order valence-electron chi connectivity index (χ3n) is 6.09. The van der Waals surface area contributed by atoms with Crippen LogP contribution in [0.3, 0.4) is 0 Å². The number of halogens is 3. The van der Waals surface area contributed by atoms with Gasteiger partial charge in [0.25, 0.3) is 5.56 Å². The first-order chi connectivity index (χ1) is 15.3. The van der Waals surface area contributed by atoms with E-state index in [0.717, 1.165) is 5.56 Å². The molecule has 0 radical (unpaired) electrons. The first-order valence-electron chi connectivity index (χ1n) is 10.7. The lowest BCUT2D eigenvalue weighted by molar-refractivity contribution is -0.153. The van der Waals surface area contributed by atoms with Crippen molar-refractivity contribution in [1.29, 1.82) is 0 Å². The van der Waals surface area contributed by atoms with Crippen LogP contribution in [0.1, 0.15) is 25.0 Å². The average Bonchev–Trinajstić information content (AvgIpc) is 2.77. The second-order valence-electron chi connectivity index (χ2n) is 8.16. The van der Waals surface area contributed by atoms with Crippen LogP contribution in [-0.2, 0) is 16.0 Å². The quantitative estimate of drug-likeness (QED) is 0.695. The van der Waals surface area contributed by atoms with E-state index in [-0.39, 0.29) is 37.1 Å². The minimum atomic E-state index is -4.47. The van der Waals surface area contributed by atoms with Crippen LogP contribution in [0.25, 0.3) is 0 Å². The highest BCUT2D eigenvalue weighted by molar-refractivity contribution is 5.48. The van der Waals surface area contributed by atoms with Gasteiger partial charge in [-0.1, -0.05) is 30.3 Å². The molecule has 0 amide bonds. The molecule has 2 aliphatic heterocycles. The molecular weight excluding hydrogens is 425 g/mol. The molecule has 174 valence electrons. The lowest BCUT2D eigenvalue weighted by Gasteiger charge is -2.41. The van der Waals surface area contributed by atoms with Gasteiger partial charge in [-0.05, 0) is 18.9 Å². The molecule has 0 aliphatic carbocycles. The molecule has 2 aliphatic rings. The summed E-state index contributed by atoms with van der Waals surface area (Å²) in [5.74, 6) is 0.399. The molecule has 3 atom stereocenters. The third kappa shape index (κ3) is 4.47. The Hall–Kier alpha value is -2.59. The lowest BCUT2D eigenvalue weighted by Crippen LogP contribution is -2.54. The molecule has 0 unspecified atom stereocenters. The van der Waals surface area contributed by atoms with E-state index in [1.165, 1.54) is 22.6 Å². The summed E-state index contributed by atoms with van der Waals surface area (Å²) >= 11 is 0. The summed E-state index contributed by atoms with van der Waals surface area (Å²) in [5, 5.41) is 0. The minimum Gasteiger partial charge on any atom is -0.377 e. The Morgan fingerprint density at radius 1 is 1.25 bits per heavy atom. The molecule has 1 aromatic carbocycles. The van der Waals surface area contributed by atoms with Crippen LogP contribution in [0.15, 0.2) is 41.2 Å². The minimum absolute atomic E-state index is 0.0257. The zero-order chi connectivity index (χ0) is 22.9. The molecule has 2 aromatic rings. The van der Waals surface area contributed by atoms with Crippen molar-refractivity contribution < 1.29 is 22.6 Å². The predicted octanol–water partition coefficient (Wildman–Crippen LogP) is 3.00. The van der Waals surface area contributed by atoms with Gasteiger partial charge in [0.1, 0.15) is 11.9 Å². The number of methoxy groups -OCH3 is 1. The normalized spacial score (nSPS) is 22.5. The zero-order valence-corrected chi connectivity index (χ0v) is 18.1. The van der Waals surface area contributed by atoms with Crippen LogP contribution in [0.2, 0.25) is 0 Å². The molecule has 1 fully saturated rings. The number of rotatable bonds is 5. The van der Waals surface area contributed by atoms with Crippen molar-refractivity contribution in [2.45, 2.75) is 44.3 Å². The first kappa shape index (κ1) is 22.6. The van der Waals surface area contributed by atoms with Crippen LogP contribution in [-0.4, -0.2) is 61.2 Å². The maximum absolute atomic E-state index is 14.0. The number of benzene rings is 1. The van der Waals surface area contributed by atoms with E-state index >= 15 is 0 Å². The molecular formula is C22H27F3N4O3. The largest absolute Gasteiger partial charge is 0.408 e. The van der Waals surface area contributed by atoms with Crippen molar-refractivity contribution in [2.75, 3.05) is 43.2 Å². The maximum Gasteiger partial charge on any atom is 0.408 e. The molecule has 4 rings (SSSR count). The SMILES string of the molecule is CO[C@H](CN1c2nc(N3CCOC[C@H]3C)cc(=O)n2CC[C@H]1C(F)(F)F)c1ccccc1. The van der Waals surface area contributed by atoms with E-state index in [9.17, 15) is 18.0 Å². The number of morpholine rings is 1. The average molecular weight is 452 g/mol. The highest BCUT2D eigenvalue weighted by Crippen LogP contribution is 2.36. The molecule has 1 saturated heterocycles. The van der Waals surface area contributed by atoms with E-state index in [1.54, 1.807) is 0 Å². The van der Waals surface area contributed by atoms with Crippen molar-refractivity contribution in [3.05, 3.63) is 52.3 Å². The molecule has 7 nitrogen and oxygen atoms in total. The number of nitrogens with zero attached hydrogens (tertiary/aromatic N) is 4. The molecule has 32 heavy (non-hydrogen) atoms. The summed E-state index contributed by atoms with van der Waals surface area (Å²) in [6, 6.07) is 8.70. The van der Waals surface area contributed by atoms with Gasteiger partial charge in [-0.2, -0.15) is 18.2 Å². The summed E-state index contributed by atoms with van der Waals surface area (Å²) < 4.78 is 54.4. The second kappa shape index (κ2) is 9.11. The Balaban J connectivity index is 1.77. The summed E-state index contributed by atoms with van der Waals surface area (Å²) in [5.41, 5.74) is 0.399. The number of fused-ring (bicyclic) bond motifs is 1. The van der Waals surface area contributed by atoms with E-state index in [4.69, 9.17) is 9.47 Å². The molecule has 10 heteroatoms. The number of anilines is 2. The van der Waals surface area contributed by atoms with Crippen molar-refractivity contribution in [3.8, 4) is 0 Å². The monoisotopic (exact) mass is 452 g/mol. The van der Waals surface area contributed by atoms with E-state index in [1.807, 2.05) is 42.2 Å². The Morgan fingerprint density at radius 2 is 2.00 bits per heavy atom. The number of aromatic nitrogens is 2. The maximum atomic E-state index is 14.0. The lowest BCUT2D eigenvalue weighted by atomic mass is 10.1. The van der Waals surface area contributed by atoms with Gasteiger partial charge in [-0.25, -0.2) is 0 Å². The van der Waals surface area contributed by atoms with E-state index < -0.39 is 18.3 Å². The first-order valence-corrected chi connectivity index (χ1v) is 10.7. The van der Waals surface area contributed by atoms with Crippen LogP contribution >= 0.6 is 0 Å². The number of hydrogen-bond donors (Lipinski definition) is 0. The molecule has 3 heterocycles. The Kier molecular flexibility index (Phi) is 6.43. The number of alkyl halides is 3. The highest BCUT2D eigenvalue weighted by atomic mass is 19.4. The second-order valence-corrected chi connectivity index (χ2v) is 8.16.